The summed E-state index contributed by atoms with van der Waals surface area (Å²) < 4.78 is 58.8. The molecule has 2 heterocycles. The summed E-state index contributed by atoms with van der Waals surface area (Å²) in [5, 5.41) is 12.7. The maximum atomic E-state index is 13.8. The predicted octanol–water partition coefficient (Wildman–Crippen LogP) is 2.83. The minimum absolute atomic E-state index is 0.136. The fraction of sp³-hybridized carbons (Fsp3) is 0.125. The molecule has 0 fully saturated rings. The van der Waals surface area contributed by atoms with Gasteiger partial charge in [-0.25, -0.2) is 21.9 Å². The summed E-state index contributed by atoms with van der Waals surface area (Å²) in [6.07, 6.45) is 1.35. The SMILES string of the molecule is O=S(=O)(NCC(O)(c1ccco1)c1cccs1)c1ccc(F)cc1F. The maximum Gasteiger partial charge on any atom is 0.243 e. The van der Waals surface area contributed by atoms with Crippen molar-refractivity contribution in [3.8, 4) is 0 Å². The molecular weight excluding hydrogens is 372 g/mol. The van der Waals surface area contributed by atoms with Gasteiger partial charge in [0.05, 0.1) is 12.8 Å². The fourth-order valence-corrected chi connectivity index (χ4v) is 4.24. The van der Waals surface area contributed by atoms with Gasteiger partial charge in [0.15, 0.2) is 5.60 Å². The second-order valence-electron chi connectivity index (χ2n) is 5.21. The van der Waals surface area contributed by atoms with E-state index in [9.17, 15) is 22.3 Å². The van der Waals surface area contributed by atoms with Crippen molar-refractivity contribution in [3.05, 3.63) is 76.4 Å². The van der Waals surface area contributed by atoms with Gasteiger partial charge in [-0.3, -0.25) is 0 Å². The van der Waals surface area contributed by atoms with Crippen LogP contribution in [0.1, 0.15) is 10.6 Å². The highest BCUT2D eigenvalue weighted by Crippen LogP contribution is 2.33. The number of benzene rings is 1. The van der Waals surface area contributed by atoms with Crippen LogP contribution in [-0.2, 0) is 15.6 Å². The van der Waals surface area contributed by atoms with Gasteiger partial charge in [0, 0.05) is 10.9 Å². The summed E-state index contributed by atoms with van der Waals surface area (Å²) in [5.74, 6) is -1.97. The smallest absolute Gasteiger partial charge is 0.243 e. The van der Waals surface area contributed by atoms with Crippen LogP contribution in [-0.4, -0.2) is 20.1 Å². The van der Waals surface area contributed by atoms with Crippen LogP contribution in [0.5, 0.6) is 0 Å². The molecule has 1 aromatic carbocycles. The van der Waals surface area contributed by atoms with Crippen LogP contribution in [0.25, 0.3) is 0 Å². The van der Waals surface area contributed by atoms with E-state index in [0.717, 1.165) is 12.1 Å². The van der Waals surface area contributed by atoms with Gasteiger partial charge in [0.1, 0.15) is 22.3 Å². The molecule has 0 aliphatic rings. The maximum absolute atomic E-state index is 13.8. The number of nitrogens with one attached hydrogen (secondary N) is 1. The molecule has 2 N–H and O–H groups in total. The second-order valence-corrected chi connectivity index (χ2v) is 7.90. The third kappa shape index (κ3) is 3.49. The number of sulfonamides is 1. The lowest BCUT2D eigenvalue weighted by atomic mass is 9.99. The van der Waals surface area contributed by atoms with E-state index in [1.807, 2.05) is 0 Å². The molecule has 9 heteroatoms. The van der Waals surface area contributed by atoms with Gasteiger partial charge in [-0.1, -0.05) is 6.07 Å². The Kier molecular flexibility index (Phi) is 4.74. The van der Waals surface area contributed by atoms with E-state index in [1.165, 1.54) is 23.7 Å². The Hall–Kier alpha value is -2.07. The third-order valence-corrected chi connectivity index (χ3v) is 6.01. The first-order valence-electron chi connectivity index (χ1n) is 7.08. The predicted molar refractivity (Wildman–Crippen MR) is 87.6 cm³/mol. The Morgan fingerprint density at radius 2 is 2.00 bits per heavy atom. The molecular formula is C16H13F2NO4S2. The van der Waals surface area contributed by atoms with Gasteiger partial charge in [0.25, 0.3) is 0 Å². The van der Waals surface area contributed by atoms with Gasteiger partial charge in [-0.15, -0.1) is 11.3 Å². The monoisotopic (exact) mass is 385 g/mol. The van der Waals surface area contributed by atoms with Gasteiger partial charge < -0.3 is 9.52 Å². The summed E-state index contributed by atoms with van der Waals surface area (Å²) in [6, 6.07) is 8.53. The van der Waals surface area contributed by atoms with E-state index >= 15 is 0 Å². The number of hydrogen-bond donors (Lipinski definition) is 2. The molecule has 0 saturated carbocycles. The molecule has 0 bridgehead atoms. The highest BCUT2D eigenvalue weighted by molar-refractivity contribution is 7.89. The largest absolute Gasteiger partial charge is 0.466 e. The lowest BCUT2D eigenvalue weighted by Crippen LogP contribution is -2.41. The summed E-state index contributed by atoms with van der Waals surface area (Å²) in [5.41, 5.74) is -1.76. The van der Waals surface area contributed by atoms with Crippen molar-refractivity contribution in [2.45, 2.75) is 10.5 Å². The van der Waals surface area contributed by atoms with Crippen LogP contribution in [0.15, 0.2) is 63.4 Å². The van der Waals surface area contributed by atoms with Crippen LogP contribution in [0.2, 0.25) is 0 Å². The minimum Gasteiger partial charge on any atom is -0.466 e. The second kappa shape index (κ2) is 6.68. The lowest BCUT2D eigenvalue weighted by molar-refractivity contribution is 0.0655. The summed E-state index contributed by atoms with van der Waals surface area (Å²) >= 11 is 1.21. The van der Waals surface area contributed by atoms with Crippen molar-refractivity contribution in [1.29, 1.82) is 0 Å². The van der Waals surface area contributed by atoms with Gasteiger partial charge in [-0.2, -0.15) is 0 Å². The van der Waals surface area contributed by atoms with Crippen molar-refractivity contribution in [3.63, 3.8) is 0 Å². The van der Waals surface area contributed by atoms with E-state index in [4.69, 9.17) is 4.42 Å². The van der Waals surface area contributed by atoms with Crippen molar-refractivity contribution < 1.29 is 26.7 Å². The molecule has 1 unspecified atom stereocenters. The zero-order chi connectivity index (χ0) is 18.1. The number of halogens is 2. The molecule has 0 aliphatic carbocycles. The van der Waals surface area contributed by atoms with Crippen molar-refractivity contribution in [2.75, 3.05) is 6.54 Å². The molecule has 3 rings (SSSR count). The van der Waals surface area contributed by atoms with Crippen LogP contribution >= 0.6 is 11.3 Å². The summed E-state index contributed by atoms with van der Waals surface area (Å²) in [4.78, 5) is -0.258. The Bertz CT molecular complexity index is 920. The Morgan fingerprint density at radius 3 is 2.60 bits per heavy atom. The van der Waals surface area contributed by atoms with Crippen LogP contribution in [0, 0.1) is 11.6 Å². The van der Waals surface area contributed by atoms with Gasteiger partial charge in [0.2, 0.25) is 10.0 Å². The third-order valence-electron chi connectivity index (χ3n) is 3.56. The molecule has 25 heavy (non-hydrogen) atoms. The topological polar surface area (TPSA) is 79.5 Å². The normalized spacial score (nSPS) is 14.4. The number of rotatable bonds is 6. The van der Waals surface area contributed by atoms with Crippen molar-refractivity contribution in [1.82, 2.24) is 4.72 Å². The number of thiophene rings is 1. The van der Waals surface area contributed by atoms with E-state index < -0.39 is 38.7 Å². The van der Waals surface area contributed by atoms with Crippen LogP contribution in [0.3, 0.4) is 0 Å². The number of hydrogen-bond acceptors (Lipinski definition) is 5. The van der Waals surface area contributed by atoms with Crippen molar-refractivity contribution >= 4 is 21.4 Å². The first-order valence-corrected chi connectivity index (χ1v) is 9.44. The number of aliphatic hydroxyl groups is 1. The molecule has 2 aromatic heterocycles. The first-order chi connectivity index (χ1) is 11.8. The van der Waals surface area contributed by atoms with Gasteiger partial charge >= 0.3 is 0 Å². The average Bonchev–Trinajstić information content (AvgIpc) is 3.26. The Balaban J connectivity index is 1.91. The average molecular weight is 385 g/mol. The summed E-state index contributed by atoms with van der Waals surface area (Å²) in [6.45, 7) is -0.486. The highest BCUT2D eigenvalue weighted by atomic mass is 32.2. The van der Waals surface area contributed by atoms with Crippen LogP contribution < -0.4 is 4.72 Å². The molecule has 0 aliphatic heterocycles. The Morgan fingerprint density at radius 1 is 1.20 bits per heavy atom. The molecule has 0 saturated heterocycles. The molecule has 1 atom stereocenters. The van der Waals surface area contributed by atoms with E-state index in [2.05, 4.69) is 4.72 Å². The van der Waals surface area contributed by atoms with E-state index in [1.54, 1.807) is 23.6 Å². The minimum atomic E-state index is -4.31. The molecule has 0 radical (unpaired) electrons. The van der Waals surface area contributed by atoms with E-state index in [0.29, 0.717) is 10.9 Å². The van der Waals surface area contributed by atoms with Gasteiger partial charge in [-0.05, 0) is 35.7 Å². The number of furan rings is 1. The standard InChI is InChI=1S/C16H13F2NO4S2/c17-11-5-6-13(12(18)9-11)25(21,22)19-10-16(20,14-3-1-7-23-14)15-4-2-8-24-15/h1-9,19-20H,10H2. The first kappa shape index (κ1) is 17.7. The van der Waals surface area contributed by atoms with Crippen LogP contribution in [0.4, 0.5) is 8.78 Å². The van der Waals surface area contributed by atoms with Crippen molar-refractivity contribution in [2.24, 2.45) is 0 Å². The molecule has 5 nitrogen and oxygen atoms in total. The van der Waals surface area contributed by atoms with E-state index in [-0.39, 0.29) is 5.76 Å². The Labute approximate surface area is 146 Å². The molecule has 132 valence electrons. The molecule has 0 amide bonds. The molecule has 3 aromatic rings. The quantitative estimate of drug-likeness (QED) is 0.684. The summed E-state index contributed by atoms with van der Waals surface area (Å²) in [7, 11) is -4.31. The zero-order valence-electron chi connectivity index (χ0n) is 12.6. The molecule has 0 spiro atoms. The highest BCUT2D eigenvalue weighted by Gasteiger charge is 2.37. The fourth-order valence-electron chi connectivity index (χ4n) is 2.29. The lowest BCUT2D eigenvalue weighted by Gasteiger charge is -2.25. The zero-order valence-corrected chi connectivity index (χ0v) is 14.3.